The van der Waals surface area contributed by atoms with Gasteiger partial charge < -0.3 is 10.2 Å². The molecule has 0 unspecified atom stereocenters. The zero-order valence-corrected chi connectivity index (χ0v) is 14.9. The molecule has 3 rings (SSSR count). The van der Waals surface area contributed by atoms with Crippen LogP contribution < -0.4 is 10.6 Å². The lowest BCUT2D eigenvalue weighted by molar-refractivity contribution is 0.249. The van der Waals surface area contributed by atoms with Gasteiger partial charge in [0.25, 0.3) is 0 Å². The molecule has 1 atom stereocenters. The summed E-state index contributed by atoms with van der Waals surface area (Å²) in [4.78, 5) is 14.3. The number of aryl methyl sites for hydroxylation is 2. The van der Waals surface area contributed by atoms with Crippen LogP contribution in [0.25, 0.3) is 0 Å². The molecule has 0 saturated carbocycles. The Morgan fingerprint density at radius 1 is 1.36 bits per heavy atom. The number of amides is 2. The number of rotatable bonds is 6. The van der Waals surface area contributed by atoms with Gasteiger partial charge in [-0.1, -0.05) is 29.5 Å². The Labute approximate surface area is 148 Å². The highest BCUT2D eigenvalue weighted by atomic mass is 16.2. The zero-order valence-electron chi connectivity index (χ0n) is 14.9. The van der Waals surface area contributed by atoms with Gasteiger partial charge in [-0.15, -0.1) is 5.10 Å². The minimum Gasteiger partial charge on any atom is -0.337 e. The van der Waals surface area contributed by atoms with Crippen molar-refractivity contribution in [2.75, 3.05) is 31.5 Å². The summed E-state index contributed by atoms with van der Waals surface area (Å²) in [7, 11) is 0. The molecule has 1 aromatic heterocycles. The van der Waals surface area contributed by atoms with Crippen LogP contribution >= 0.6 is 0 Å². The fourth-order valence-corrected chi connectivity index (χ4v) is 3.33. The molecule has 1 aliphatic heterocycles. The van der Waals surface area contributed by atoms with E-state index in [4.69, 9.17) is 0 Å². The molecular weight excluding hydrogens is 316 g/mol. The van der Waals surface area contributed by atoms with E-state index in [2.05, 4.69) is 57.0 Å². The first-order valence-corrected chi connectivity index (χ1v) is 8.88. The largest absolute Gasteiger partial charge is 0.337 e. The molecule has 7 nitrogen and oxygen atoms in total. The number of anilines is 1. The van der Waals surface area contributed by atoms with Gasteiger partial charge in [0.05, 0.1) is 6.20 Å². The average Bonchev–Trinajstić information content (AvgIpc) is 3.25. The van der Waals surface area contributed by atoms with E-state index in [0.29, 0.717) is 18.3 Å². The molecule has 1 aliphatic rings. The number of nitrogens with zero attached hydrogens (tertiary/aromatic N) is 4. The Morgan fingerprint density at radius 3 is 2.96 bits per heavy atom. The first kappa shape index (κ1) is 17.4. The van der Waals surface area contributed by atoms with E-state index in [1.165, 1.54) is 17.5 Å². The number of aromatic nitrogens is 3. The minimum absolute atomic E-state index is 0.238. The molecule has 0 aliphatic carbocycles. The first-order valence-electron chi connectivity index (χ1n) is 8.88. The van der Waals surface area contributed by atoms with Crippen molar-refractivity contribution in [2.24, 2.45) is 0 Å². The van der Waals surface area contributed by atoms with Crippen molar-refractivity contribution in [3.05, 3.63) is 41.6 Å². The first-order chi connectivity index (χ1) is 12.2. The normalized spacial score (nSPS) is 17.6. The molecule has 2 heterocycles. The van der Waals surface area contributed by atoms with Gasteiger partial charge in [0.2, 0.25) is 0 Å². The number of nitrogens with one attached hydrogen (secondary N) is 2. The summed E-state index contributed by atoms with van der Waals surface area (Å²) in [5.74, 6) is 1.07. The van der Waals surface area contributed by atoms with Gasteiger partial charge in [-0.25, -0.2) is 4.79 Å². The summed E-state index contributed by atoms with van der Waals surface area (Å²) in [5, 5.41) is 13.4. The number of hydrogen-bond donors (Lipinski definition) is 2. The van der Waals surface area contributed by atoms with Crippen molar-refractivity contribution in [2.45, 2.75) is 32.7 Å². The molecular formula is C18H26N6O. The zero-order chi connectivity index (χ0) is 17.6. The van der Waals surface area contributed by atoms with Crippen LogP contribution in [0.2, 0.25) is 0 Å². The van der Waals surface area contributed by atoms with Gasteiger partial charge in [0, 0.05) is 26.2 Å². The summed E-state index contributed by atoms with van der Waals surface area (Å²) < 4.78 is 1.67. The Balaban J connectivity index is 1.39. The molecule has 134 valence electrons. The third kappa shape index (κ3) is 4.57. The van der Waals surface area contributed by atoms with Crippen molar-refractivity contribution >= 4 is 11.8 Å². The monoisotopic (exact) mass is 342 g/mol. The van der Waals surface area contributed by atoms with Gasteiger partial charge in [-0.05, 0) is 43.9 Å². The molecule has 1 aromatic carbocycles. The predicted octanol–water partition coefficient (Wildman–Crippen LogP) is 2.22. The molecule has 0 spiro atoms. The van der Waals surface area contributed by atoms with Crippen LogP contribution in [-0.2, 0) is 6.54 Å². The van der Waals surface area contributed by atoms with Crippen molar-refractivity contribution in [1.29, 1.82) is 0 Å². The van der Waals surface area contributed by atoms with Gasteiger partial charge in [-0.2, -0.15) is 0 Å². The number of urea groups is 1. The maximum atomic E-state index is 11.9. The fraction of sp³-hybridized carbons (Fsp3) is 0.500. The molecule has 2 amide bonds. The van der Waals surface area contributed by atoms with Gasteiger partial charge in [0.15, 0.2) is 5.82 Å². The molecule has 7 heteroatoms. The Kier molecular flexibility index (Phi) is 5.65. The molecule has 2 aromatic rings. The van der Waals surface area contributed by atoms with Crippen LogP contribution in [0.5, 0.6) is 0 Å². The molecule has 1 saturated heterocycles. The lowest BCUT2D eigenvalue weighted by Crippen LogP contribution is -2.36. The van der Waals surface area contributed by atoms with E-state index in [1.807, 2.05) is 6.92 Å². The van der Waals surface area contributed by atoms with Gasteiger partial charge in [-0.3, -0.25) is 10.00 Å². The molecule has 1 fully saturated rings. The Bertz CT molecular complexity index is 713. The maximum absolute atomic E-state index is 11.9. The summed E-state index contributed by atoms with van der Waals surface area (Å²) in [6.07, 6.45) is 2.89. The Hall–Kier alpha value is -2.41. The molecule has 25 heavy (non-hydrogen) atoms. The number of carbonyl (C=O) groups is 1. The highest BCUT2D eigenvalue weighted by Crippen LogP contribution is 2.28. The van der Waals surface area contributed by atoms with Crippen molar-refractivity contribution < 1.29 is 4.79 Å². The maximum Gasteiger partial charge on any atom is 0.320 e. The van der Waals surface area contributed by atoms with Crippen molar-refractivity contribution in [3.63, 3.8) is 0 Å². The minimum atomic E-state index is -0.238. The second-order valence-electron chi connectivity index (χ2n) is 6.48. The number of likely N-dealkylation sites (tertiary alicyclic amines) is 1. The van der Waals surface area contributed by atoms with Crippen molar-refractivity contribution in [3.8, 4) is 0 Å². The predicted molar refractivity (Wildman–Crippen MR) is 97.7 cm³/mol. The summed E-state index contributed by atoms with van der Waals surface area (Å²) in [6.45, 7) is 8.49. The second-order valence-corrected chi connectivity index (χ2v) is 6.48. The highest BCUT2D eigenvalue weighted by molar-refractivity contribution is 5.87. The SMILES string of the molecule is CCn1cc(NC(=O)NCCN2CC[C@H](c3ccccc3C)C2)nn1. The lowest BCUT2D eigenvalue weighted by Gasteiger charge is -2.17. The van der Waals surface area contributed by atoms with E-state index in [0.717, 1.165) is 26.2 Å². The van der Waals surface area contributed by atoms with E-state index < -0.39 is 0 Å². The molecule has 2 N–H and O–H groups in total. The number of hydrogen-bond acceptors (Lipinski definition) is 4. The summed E-state index contributed by atoms with van der Waals surface area (Å²) in [5.41, 5.74) is 2.82. The quantitative estimate of drug-likeness (QED) is 0.844. The van der Waals surface area contributed by atoms with E-state index in [9.17, 15) is 4.79 Å². The van der Waals surface area contributed by atoms with Crippen LogP contribution in [-0.4, -0.2) is 52.1 Å². The van der Waals surface area contributed by atoms with Crippen LogP contribution in [0.4, 0.5) is 10.6 Å². The number of carbonyl (C=O) groups excluding carboxylic acids is 1. The second kappa shape index (κ2) is 8.11. The lowest BCUT2D eigenvalue weighted by atomic mass is 9.94. The third-order valence-corrected chi connectivity index (χ3v) is 4.72. The van der Waals surface area contributed by atoms with Crippen molar-refractivity contribution in [1.82, 2.24) is 25.2 Å². The average molecular weight is 342 g/mol. The van der Waals surface area contributed by atoms with Gasteiger partial charge >= 0.3 is 6.03 Å². The van der Waals surface area contributed by atoms with E-state index in [1.54, 1.807) is 10.9 Å². The van der Waals surface area contributed by atoms with Crippen LogP contribution in [0.1, 0.15) is 30.4 Å². The Morgan fingerprint density at radius 2 is 2.20 bits per heavy atom. The highest BCUT2D eigenvalue weighted by Gasteiger charge is 2.24. The fourth-order valence-electron chi connectivity index (χ4n) is 3.33. The smallest absolute Gasteiger partial charge is 0.320 e. The number of benzene rings is 1. The summed E-state index contributed by atoms with van der Waals surface area (Å²) in [6, 6.07) is 8.38. The standard InChI is InChI=1S/C18H26N6O/c1-3-24-13-17(21-22-24)20-18(25)19-9-11-23-10-8-15(12-23)16-7-5-4-6-14(16)2/h4-7,13,15H,3,8-12H2,1-2H3,(H2,19,20,25)/t15-/m0/s1. The molecule has 0 radical (unpaired) electrons. The topological polar surface area (TPSA) is 75.1 Å². The van der Waals surface area contributed by atoms with Crippen LogP contribution in [0, 0.1) is 6.92 Å². The van der Waals surface area contributed by atoms with E-state index in [-0.39, 0.29) is 6.03 Å². The van der Waals surface area contributed by atoms with E-state index >= 15 is 0 Å². The molecule has 0 bridgehead atoms. The summed E-state index contributed by atoms with van der Waals surface area (Å²) >= 11 is 0. The third-order valence-electron chi connectivity index (χ3n) is 4.72. The van der Waals surface area contributed by atoms with Gasteiger partial charge in [0.1, 0.15) is 0 Å². The van der Waals surface area contributed by atoms with Crippen LogP contribution in [0.15, 0.2) is 30.5 Å². The van der Waals surface area contributed by atoms with Crippen LogP contribution in [0.3, 0.4) is 0 Å².